The van der Waals surface area contributed by atoms with Crippen molar-refractivity contribution in [3.63, 3.8) is 0 Å². The van der Waals surface area contributed by atoms with Crippen LogP contribution in [0.4, 0.5) is 0 Å². The molecule has 1 aromatic carbocycles. The summed E-state index contributed by atoms with van der Waals surface area (Å²) in [7, 11) is 0. The molecule has 0 radical (unpaired) electrons. The maximum atomic E-state index is 12.6. The number of rotatable bonds is 7. The van der Waals surface area contributed by atoms with E-state index in [4.69, 9.17) is 0 Å². The smallest absolute Gasteiger partial charge is 0.224 e. The lowest BCUT2D eigenvalue weighted by molar-refractivity contribution is -0.135. The molecular formula is C23H33N3O2. The van der Waals surface area contributed by atoms with Gasteiger partial charge in [0, 0.05) is 58.7 Å². The molecule has 2 fully saturated rings. The zero-order valence-corrected chi connectivity index (χ0v) is 17.1. The Balaban J connectivity index is 1.38. The molecule has 1 saturated carbocycles. The van der Waals surface area contributed by atoms with E-state index in [1.807, 2.05) is 28.0 Å². The molecule has 0 spiro atoms. The Labute approximate surface area is 169 Å². The Kier molecular flexibility index (Phi) is 7.66. The third-order valence-electron chi connectivity index (χ3n) is 5.93. The van der Waals surface area contributed by atoms with Crippen LogP contribution < -0.4 is 0 Å². The summed E-state index contributed by atoms with van der Waals surface area (Å²) in [6.45, 7) is 6.48. The van der Waals surface area contributed by atoms with Gasteiger partial charge in [-0.25, -0.2) is 0 Å². The topological polar surface area (TPSA) is 43.9 Å². The number of carbonyl (C=O) groups excluding carboxylic acids is 2. The molecule has 3 rings (SSSR count). The zero-order chi connectivity index (χ0) is 19.8. The van der Waals surface area contributed by atoms with Crippen molar-refractivity contribution < 1.29 is 9.59 Å². The van der Waals surface area contributed by atoms with Crippen LogP contribution in [0.1, 0.15) is 44.6 Å². The Morgan fingerprint density at radius 2 is 1.75 bits per heavy atom. The minimum absolute atomic E-state index is 0.106. The van der Waals surface area contributed by atoms with E-state index in [0.29, 0.717) is 19.0 Å². The van der Waals surface area contributed by atoms with Crippen LogP contribution in [0.25, 0.3) is 6.08 Å². The summed E-state index contributed by atoms with van der Waals surface area (Å²) in [4.78, 5) is 30.8. The monoisotopic (exact) mass is 383 g/mol. The third-order valence-corrected chi connectivity index (χ3v) is 5.93. The maximum Gasteiger partial charge on any atom is 0.224 e. The fourth-order valence-electron chi connectivity index (χ4n) is 4.27. The third kappa shape index (κ3) is 5.93. The average Bonchev–Trinajstić information content (AvgIpc) is 3.23. The van der Waals surface area contributed by atoms with Crippen LogP contribution >= 0.6 is 0 Å². The first-order chi connectivity index (χ1) is 13.6. The van der Waals surface area contributed by atoms with Crippen molar-refractivity contribution in [2.75, 3.05) is 39.3 Å². The van der Waals surface area contributed by atoms with Crippen molar-refractivity contribution in [3.8, 4) is 0 Å². The van der Waals surface area contributed by atoms with Crippen LogP contribution in [0.5, 0.6) is 0 Å². The predicted octanol–water partition coefficient (Wildman–Crippen LogP) is 3.03. The summed E-state index contributed by atoms with van der Waals surface area (Å²) in [6.07, 6.45) is 9.36. The van der Waals surface area contributed by atoms with Crippen LogP contribution in [-0.4, -0.2) is 71.8 Å². The summed E-state index contributed by atoms with van der Waals surface area (Å²) < 4.78 is 0. The highest BCUT2D eigenvalue weighted by Crippen LogP contribution is 2.23. The normalized spacial score (nSPS) is 18.7. The molecular weight excluding hydrogens is 350 g/mol. The Morgan fingerprint density at radius 3 is 2.39 bits per heavy atom. The molecule has 1 aromatic rings. The summed E-state index contributed by atoms with van der Waals surface area (Å²) in [5.41, 5.74) is 1.22. The Bertz CT molecular complexity index is 660. The van der Waals surface area contributed by atoms with Crippen molar-refractivity contribution in [1.82, 2.24) is 14.7 Å². The van der Waals surface area contributed by atoms with E-state index in [-0.39, 0.29) is 11.8 Å². The lowest BCUT2D eigenvalue weighted by Gasteiger charge is -2.35. The number of piperazine rings is 1. The molecule has 2 amide bonds. The van der Waals surface area contributed by atoms with Crippen molar-refractivity contribution in [2.24, 2.45) is 0 Å². The molecule has 0 atom stereocenters. The Hall–Kier alpha value is -2.14. The largest absolute Gasteiger partial charge is 0.340 e. The van der Waals surface area contributed by atoms with E-state index >= 15 is 0 Å². The molecule has 0 bridgehead atoms. The molecule has 2 aliphatic rings. The van der Waals surface area contributed by atoms with Gasteiger partial charge in [0.25, 0.3) is 0 Å². The van der Waals surface area contributed by atoms with Crippen LogP contribution in [0.2, 0.25) is 0 Å². The molecule has 1 aliphatic heterocycles. The number of hydrogen-bond acceptors (Lipinski definition) is 3. The van der Waals surface area contributed by atoms with E-state index in [1.54, 1.807) is 6.92 Å². The van der Waals surface area contributed by atoms with E-state index in [0.717, 1.165) is 45.6 Å². The van der Waals surface area contributed by atoms with Gasteiger partial charge in [-0.2, -0.15) is 0 Å². The minimum Gasteiger partial charge on any atom is -0.340 e. The van der Waals surface area contributed by atoms with Gasteiger partial charge >= 0.3 is 0 Å². The maximum absolute atomic E-state index is 12.6. The fraction of sp³-hybridized carbons (Fsp3) is 0.565. The van der Waals surface area contributed by atoms with Crippen LogP contribution in [0, 0.1) is 0 Å². The molecule has 152 valence electrons. The van der Waals surface area contributed by atoms with Crippen LogP contribution in [-0.2, 0) is 9.59 Å². The number of amides is 2. The predicted molar refractivity (Wildman–Crippen MR) is 113 cm³/mol. The molecule has 1 saturated heterocycles. The highest BCUT2D eigenvalue weighted by Gasteiger charge is 2.26. The van der Waals surface area contributed by atoms with Gasteiger partial charge in [-0.1, -0.05) is 55.3 Å². The molecule has 1 aliphatic carbocycles. The van der Waals surface area contributed by atoms with E-state index < -0.39 is 0 Å². The minimum atomic E-state index is 0.106. The number of nitrogens with zero attached hydrogens (tertiary/aromatic N) is 3. The summed E-state index contributed by atoms with van der Waals surface area (Å²) in [6, 6.07) is 10.7. The SMILES string of the molecule is CC(=O)N(CCC(=O)N1CCN(C/C=C/c2ccccc2)CC1)C1CCCC1. The van der Waals surface area contributed by atoms with Gasteiger partial charge < -0.3 is 9.80 Å². The van der Waals surface area contributed by atoms with Crippen LogP contribution in [0.3, 0.4) is 0 Å². The van der Waals surface area contributed by atoms with Gasteiger partial charge in [-0.3, -0.25) is 14.5 Å². The van der Waals surface area contributed by atoms with Gasteiger partial charge in [-0.05, 0) is 18.4 Å². The van der Waals surface area contributed by atoms with Crippen molar-refractivity contribution >= 4 is 17.9 Å². The quantitative estimate of drug-likeness (QED) is 0.727. The van der Waals surface area contributed by atoms with E-state index in [1.165, 1.54) is 18.4 Å². The fourth-order valence-corrected chi connectivity index (χ4v) is 4.27. The van der Waals surface area contributed by atoms with Gasteiger partial charge in [0.2, 0.25) is 11.8 Å². The van der Waals surface area contributed by atoms with Gasteiger partial charge in [0.15, 0.2) is 0 Å². The van der Waals surface area contributed by atoms with Gasteiger partial charge in [0.05, 0.1) is 0 Å². The van der Waals surface area contributed by atoms with E-state index in [9.17, 15) is 9.59 Å². The molecule has 0 N–H and O–H groups in total. The van der Waals surface area contributed by atoms with Crippen LogP contribution in [0.15, 0.2) is 36.4 Å². The first kappa shape index (κ1) is 20.6. The molecule has 5 heteroatoms. The molecule has 0 aromatic heterocycles. The molecule has 5 nitrogen and oxygen atoms in total. The summed E-state index contributed by atoms with van der Waals surface area (Å²) in [5.74, 6) is 0.290. The van der Waals surface area contributed by atoms with Crippen molar-refractivity contribution in [2.45, 2.75) is 45.1 Å². The highest BCUT2D eigenvalue weighted by molar-refractivity contribution is 5.78. The standard InChI is InChI=1S/C23H33N3O2/c1-20(27)26(22-11-5-6-12-22)15-13-23(28)25-18-16-24(17-19-25)14-7-10-21-8-3-2-4-9-21/h2-4,7-10,22H,5-6,11-19H2,1H3/b10-7+. The number of hydrogen-bond donors (Lipinski definition) is 0. The van der Waals surface area contributed by atoms with Gasteiger partial charge in [-0.15, -0.1) is 0 Å². The molecule has 28 heavy (non-hydrogen) atoms. The summed E-state index contributed by atoms with van der Waals surface area (Å²) in [5, 5.41) is 0. The number of benzene rings is 1. The van der Waals surface area contributed by atoms with E-state index in [2.05, 4.69) is 29.2 Å². The first-order valence-electron chi connectivity index (χ1n) is 10.6. The van der Waals surface area contributed by atoms with Crippen molar-refractivity contribution in [1.29, 1.82) is 0 Å². The second-order valence-corrected chi connectivity index (χ2v) is 7.90. The number of carbonyl (C=O) groups is 2. The molecule has 1 heterocycles. The first-order valence-corrected chi connectivity index (χ1v) is 10.6. The van der Waals surface area contributed by atoms with Crippen molar-refractivity contribution in [3.05, 3.63) is 42.0 Å². The second kappa shape index (κ2) is 10.4. The highest BCUT2D eigenvalue weighted by atomic mass is 16.2. The lowest BCUT2D eigenvalue weighted by Crippen LogP contribution is -2.49. The lowest BCUT2D eigenvalue weighted by atomic mass is 10.2. The Morgan fingerprint density at radius 1 is 1.07 bits per heavy atom. The zero-order valence-electron chi connectivity index (χ0n) is 17.1. The summed E-state index contributed by atoms with van der Waals surface area (Å²) >= 11 is 0. The second-order valence-electron chi connectivity index (χ2n) is 7.90. The average molecular weight is 384 g/mol. The molecule has 0 unspecified atom stereocenters. The van der Waals surface area contributed by atoms with Gasteiger partial charge in [0.1, 0.15) is 0 Å².